The standard InChI is InChI=1S/C19H25N5O4/c1-2-20-19(22-8-7-21-17(25)15-5-3-13-27-15)24-11-9-23(10-12-24)18(26)16-6-4-14-28-16/h3-6,13-14H,2,7-12H2,1H3,(H,20,22)(H,21,25). The van der Waals surface area contributed by atoms with Crippen molar-refractivity contribution in [1.82, 2.24) is 20.4 Å². The lowest BCUT2D eigenvalue weighted by atomic mass is 10.3. The number of aliphatic imine (C=N–C) groups is 1. The van der Waals surface area contributed by atoms with Crippen LogP contribution >= 0.6 is 0 Å². The largest absolute Gasteiger partial charge is 0.459 e. The molecule has 1 saturated heterocycles. The van der Waals surface area contributed by atoms with Crippen molar-refractivity contribution in [3.63, 3.8) is 0 Å². The summed E-state index contributed by atoms with van der Waals surface area (Å²) < 4.78 is 10.2. The molecule has 0 aliphatic carbocycles. The monoisotopic (exact) mass is 387 g/mol. The first kappa shape index (κ1) is 19.5. The van der Waals surface area contributed by atoms with Gasteiger partial charge in [0.25, 0.3) is 11.8 Å². The lowest BCUT2D eigenvalue weighted by molar-refractivity contribution is 0.0657. The van der Waals surface area contributed by atoms with Crippen molar-refractivity contribution in [3.05, 3.63) is 48.3 Å². The Morgan fingerprint density at radius 1 is 1.00 bits per heavy atom. The number of amides is 2. The average molecular weight is 387 g/mol. The van der Waals surface area contributed by atoms with E-state index in [1.165, 1.54) is 12.5 Å². The van der Waals surface area contributed by atoms with Gasteiger partial charge in [-0.15, -0.1) is 0 Å². The zero-order valence-electron chi connectivity index (χ0n) is 15.9. The Hall–Kier alpha value is -3.23. The van der Waals surface area contributed by atoms with Gasteiger partial charge >= 0.3 is 0 Å². The Balaban J connectivity index is 1.48. The molecular formula is C19H25N5O4. The maximum atomic E-state index is 12.4. The summed E-state index contributed by atoms with van der Waals surface area (Å²) >= 11 is 0. The fourth-order valence-corrected chi connectivity index (χ4v) is 2.93. The molecule has 9 heteroatoms. The number of hydrogen-bond donors (Lipinski definition) is 2. The van der Waals surface area contributed by atoms with E-state index in [9.17, 15) is 9.59 Å². The summed E-state index contributed by atoms with van der Waals surface area (Å²) in [5.74, 6) is 1.08. The molecule has 1 aliphatic rings. The van der Waals surface area contributed by atoms with Crippen LogP contribution in [0.15, 0.2) is 50.6 Å². The van der Waals surface area contributed by atoms with Crippen molar-refractivity contribution >= 4 is 17.8 Å². The predicted octanol–water partition coefficient (Wildman–Crippen LogP) is 1.03. The van der Waals surface area contributed by atoms with E-state index in [0.29, 0.717) is 45.0 Å². The van der Waals surface area contributed by atoms with Crippen molar-refractivity contribution in [3.8, 4) is 0 Å². The zero-order valence-corrected chi connectivity index (χ0v) is 15.9. The topological polar surface area (TPSA) is 103 Å². The van der Waals surface area contributed by atoms with Crippen LogP contribution in [0.1, 0.15) is 28.0 Å². The Bertz CT molecular complexity index is 777. The van der Waals surface area contributed by atoms with E-state index in [0.717, 1.165) is 12.5 Å². The summed E-state index contributed by atoms with van der Waals surface area (Å²) in [4.78, 5) is 32.7. The van der Waals surface area contributed by atoms with Crippen LogP contribution < -0.4 is 10.6 Å². The van der Waals surface area contributed by atoms with Crippen molar-refractivity contribution < 1.29 is 18.4 Å². The van der Waals surface area contributed by atoms with Gasteiger partial charge in [0, 0.05) is 39.3 Å². The number of nitrogens with one attached hydrogen (secondary N) is 2. The molecule has 0 spiro atoms. The van der Waals surface area contributed by atoms with Gasteiger partial charge in [-0.1, -0.05) is 0 Å². The van der Waals surface area contributed by atoms with Gasteiger partial charge < -0.3 is 29.3 Å². The molecule has 2 aromatic rings. The van der Waals surface area contributed by atoms with E-state index in [1.54, 1.807) is 29.2 Å². The fraction of sp³-hybridized carbons (Fsp3) is 0.421. The molecule has 150 valence electrons. The van der Waals surface area contributed by atoms with Crippen LogP contribution in [0.25, 0.3) is 0 Å². The number of hydrogen-bond acceptors (Lipinski definition) is 5. The second kappa shape index (κ2) is 9.63. The molecule has 3 heterocycles. The smallest absolute Gasteiger partial charge is 0.289 e. The summed E-state index contributed by atoms with van der Waals surface area (Å²) in [7, 11) is 0. The van der Waals surface area contributed by atoms with E-state index in [-0.39, 0.29) is 17.6 Å². The summed E-state index contributed by atoms with van der Waals surface area (Å²) in [6.07, 6.45) is 2.97. The molecule has 0 saturated carbocycles. The van der Waals surface area contributed by atoms with E-state index in [1.807, 2.05) is 6.92 Å². The van der Waals surface area contributed by atoms with Gasteiger partial charge in [-0.25, -0.2) is 0 Å². The maximum absolute atomic E-state index is 12.4. The number of guanidine groups is 1. The van der Waals surface area contributed by atoms with Crippen molar-refractivity contribution in [2.24, 2.45) is 4.99 Å². The van der Waals surface area contributed by atoms with Crippen molar-refractivity contribution in [1.29, 1.82) is 0 Å². The highest BCUT2D eigenvalue weighted by atomic mass is 16.3. The van der Waals surface area contributed by atoms with E-state index >= 15 is 0 Å². The van der Waals surface area contributed by atoms with Crippen LogP contribution in [0.5, 0.6) is 0 Å². The highest BCUT2D eigenvalue weighted by Gasteiger charge is 2.25. The number of carbonyl (C=O) groups excluding carboxylic acids is 2. The van der Waals surface area contributed by atoms with Crippen LogP contribution in [-0.4, -0.2) is 73.4 Å². The van der Waals surface area contributed by atoms with Crippen LogP contribution in [0.2, 0.25) is 0 Å². The Kier molecular flexibility index (Phi) is 6.72. The SMILES string of the molecule is CCNC(=NCCNC(=O)c1ccco1)N1CCN(C(=O)c2ccco2)CC1. The summed E-state index contributed by atoms with van der Waals surface area (Å²) in [6, 6.07) is 6.68. The molecule has 1 fully saturated rings. The molecule has 2 N–H and O–H groups in total. The predicted molar refractivity (Wildman–Crippen MR) is 103 cm³/mol. The molecule has 2 amide bonds. The van der Waals surface area contributed by atoms with Crippen LogP contribution in [0.4, 0.5) is 0 Å². The molecule has 2 aromatic heterocycles. The summed E-state index contributed by atoms with van der Waals surface area (Å²) in [5.41, 5.74) is 0. The molecule has 28 heavy (non-hydrogen) atoms. The highest BCUT2D eigenvalue weighted by molar-refractivity contribution is 5.92. The minimum Gasteiger partial charge on any atom is -0.459 e. The Labute approximate surface area is 163 Å². The molecule has 0 aromatic carbocycles. The highest BCUT2D eigenvalue weighted by Crippen LogP contribution is 2.09. The number of carbonyl (C=O) groups is 2. The van der Waals surface area contributed by atoms with Gasteiger partial charge in [0.05, 0.1) is 19.1 Å². The summed E-state index contributed by atoms with van der Waals surface area (Å²) in [6.45, 7) is 6.14. The van der Waals surface area contributed by atoms with Gasteiger partial charge in [0.1, 0.15) is 0 Å². The van der Waals surface area contributed by atoms with E-state index < -0.39 is 0 Å². The third-order valence-corrected chi connectivity index (χ3v) is 4.34. The molecule has 0 atom stereocenters. The molecule has 0 bridgehead atoms. The number of furan rings is 2. The van der Waals surface area contributed by atoms with Gasteiger partial charge in [0.15, 0.2) is 17.5 Å². The number of nitrogens with zero attached hydrogens (tertiary/aromatic N) is 3. The third kappa shape index (κ3) is 4.93. The van der Waals surface area contributed by atoms with Crippen LogP contribution in [-0.2, 0) is 0 Å². The number of piperazine rings is 1. The van der Waals surface area contributed by atoms with Crippen molar-refractivity contribution in [2.45, 2.75) is 6.92 Å². The fourth-order valence-electron chi connectivity index (χ4n) is 2.93. The Morgan fingerprint density at radius 3 is 2.25 bits per heavy atom. The van der Waals surface area contributed by atoms with Crippen LogP contribution in [0, 0.1) is 0 Å². The molecule has 9 nitrogen and oxygen atoms in total. The second-order valence-electron chi connectivity index (χ2n) is 6.23. The average Bonchev–Trinajstić information content (AvgIpc) is 3.44. The maximum Gasteiger partial charge on any atom is 0.289 e. The minimum absolute atomic E-state index is 0.0905. The quantitative estimate of drug-likeness (QED) is 0.436. The normalized spacial score (nSPS) is 14.8. The molecule has 0 unspecified atom stereocenters. The lowest BCUT2D eigenvalue weighted by Crippen LogP contribution is -2.53. The van der Waals surface area contributed by atoms with E-state index in [4.69, 9.17) is 8.83 Å². The van der Waals surface area contributed by atoms with Gasteiger partial charge in [-0.05, 0) is 31.2 Å². The van der Waals surface area contributed by atoms with Gasteiger partial charge in [-0.2, -0.15) is 0 Å². The van der Waals surface area contributed by atoms with Gasteiger partial charge in [0.2, 0.25) is 0 Å². The summed E-state index contributed by atoms with van der Waals surface area (Å²) in [5, 5.41) is 6.04. The first-order valence-electron chi connectivity index (χ1n) is 9.36. The number of rotatable bonds is 6. The molecular weight excluding hydrogens is 362 g/mol. The molecule has 3 rings (SSSR count). The molecule has 0 radical (unpaired) electrons. The Morgan fingerprint density at radius 2 is 1.64 bits per heavy atom. The van der Waals surface area contributed by atoms with E-state index in [2.05, 4.69) is 20.5 Å². The second-order valence-corrected chi connectivity index (χ2v) is 6.23. The van der Waals surface area contributed by atoms with Gasteiger partial charge in [-0.3, -0.25) is 14.6 Å². The molecule has 1 aliphatic heterocycles. The van der Waals surface area contributed by atoms with Crippen LogP contribution in [0.3, 0.4) is 0 Å². The lowest BCUT2D eigenvalue weighted by Gasteiger charge is -2.36. The van der Waals surface area contributed by atoms with Crippen molar-refractivity contribution in [2.75, 3.05) is 45.8 Å². The minimum atomic E-state index is -0.254. The third-order valence-electron chi connectivity index (χ3n) is 4.34. The first-order chi connectivity index (χ1) is 13.7. The zero-order chi connectivity index (χ0) is 19.8. The first-order valence-corrected chi connectivity index (χ1v) is 9.36.